The van der Waals surface area contributed by atoms with Crippen LogP contribution in [0.15, 0.2) is 71.6 Å². The van der Waals surface area contributed by atoms with Gasteiger partial charge in [-0.3, -0.25) is 4.98 Å². The van der Waals surface area contributed by atoms with E-state index in [9.17, 15) is 22.0 Å². The van der Waals surface area contributed by atoms with Crippen molar-refractivity contribution >= 4 is 21.6 Å². The predicted molar refractivity (Wildman–Crippen MR) is 186 cm³/mol. The molecule has 2 aliphatic rings. The van der Waals surface area contributed by atoms with Gasteiger partial charge in [-0.2, -0.15) is 28.2 Å². The molecule has 7 rings (SSSR count). The lowest BCUT2D eigenvalue weighted by Gasteiger charge is -2.39. The van der Waals surface area contributed by atoms with Crippen LogP contribution in [0.2, 0.25) is 0 Å². The molecule has 1 unspecified atom stereocenters. The summed E-state index contributed by atoms with van der Waals surface area (Å²) in [6.07, 6.45) is -0.498. The van der Waals surface area contributed by atoms with Gasteiger partial charge >= 0.3 is 18.2 Å². The molecule has 1 aliphatic heterocycles. The zero-order valence-electron chi connectivity index (χ0n) is 28.9. The van der Waals surface area contributed by atoms with Gasteiger partial charge < -0.3 is 14.4 Å². The highest BCUT2D eigenvalue weighted by Crippen LogP contribution is 2.45. The lowest BCUT2D eigenvalue weighted by atomic mass is 9.82. The van der Waals surface area contributed by atoms with E-state index in [0.717, 1.165) is 18.9 Å². The monoisotopic (exact) mass is 788 g/mol. The zero-order chi connectivity index (χ0) is 37.2. The van der Waals surface area contributed by atoms with Gasteiger partial charge in [0.25, 0.3) is 0 Å². The van der Waals surface area contributed by atoms with Gasteiger partial charge in [0, 0.05) is 43.5 Å². The summed E-state index contributed by atoms with van der Waals surface area (Å²) >= 11 is 3.18. The smallest absolute Gasteiger partial charge is 0.424 e. The first-order valence-electron chi connectivity index (χ1n) is 17.0. The second-order valence-corrected chi connectivity index (χ2v) is 14.1. The third kappa shape index (κ3) is 8.88. The Morgan fingerprint density at radius 2 is 1.35 bits per heavy atom. The molecule has 5 aromatic rings. The predicted octanol–water partition coefficient (Wildman–Crippen LogP) is 9.46. The van der Waals surface area contributed by atoms with Crippen LogP contribution < -0.4 is 14.4 Å². The van der Waals surface area contributed by atoms with Crippen molar-refractivity contribution in [3.05, 3.63) is 94.7 Å². The highest BCUT2D eigenvalue weighted by Gasteiger charge is 2.43. The van der Waals surface area contributed by atoms with E-state index in [2.05, 4.69) is 41.1 Å². The van der Waals surface area contributed by atoms with Crippen molar-refractivity contribution in [1.82, 2.24) is 34.5 Å². The molecule has 2 bridgehead atoms. The normalized spacial score (nSPS) is 18.5. The van der Waals surface area contributed by atoms with E-state index in [1.807, 2.05) is 32.6 Å². The lowest BCUT2D eigenvalue weighted by Crippen LogP contribution is -2.43. The molecule has 1 saturated heterocycles. The molecule has 1 aliphatic carbocycles. The SMILES string of the molecule is CC(C)n1nc(Br)nc1Oc1cccc(F)c1.CC(C)n1nc(CC2[C@@H]3CC[C@H]2CN(c2ccnc(C(F)(F)F)c2)C3)nc1Oc1cccc(F)c1. The fraction of sp³-hybridized carbons (Fsp3) is 0.417. The maximum absolute atomic E-state index is 13.6. The van der Waals surface area contributed by atoms with Crippen LogP contribution in [0.3, 0.4) is 0 Å². The van der Waals surface area contributed by atoms with Gasteiger partial charge in [-0.15, -0.1) is 5.10 Å². The van der Waals surface area contributed by atoms with Gasteiger partial charge in [-0.05, 0) is 111 Å². The Morgan fingerprint density at radius 1 is 0.788 bits per heavy atom. The Kier molecular flexibility index (Phi) is 11.1. The number of hydrogen-bond acceptors (Lipinski definition) is 8. The standard InChI is InChI=1S/C25H27F4N5O.C11H11BrFN3O/c1-15(2)34-24(35-20-5-3-4-18(26)10-20)31-23(32-34)12-21-16-6-7-17(21)14-33(13-16)19-8-9-30-22(11-19)25(27,28)29;1-7(2)16-11(14-10(12)15-16)17-9-5-3-4-8(13)6-9/h3-5,8-11,15-17,21H,6-7,12-14H2,1-2H3;3-7H,1-2H3/t16-,17+,21?;. The van der Waals surface area contributed by atoms with Crippen molar-refractivity contribution < 1.29 is 31.4 Å². The molecule has 3 atom stereocenters. The Bertz CT molecular complexity index is 1970. The fourth-order valence-electron chi connectivity index (χ4n) is 6.67. The van der Waals surface area contributed by atoms with E-state index in [-0.39, 0.29) is 17.9 Å². The van der Waals surface area contributed by atoms with E-state index in [0.29, 0.717) is 77.0 Å². The quantitative estimate of drug-likeness (QED) is 0.136. The second kappa shape index (κ2) is 15.6. The van der Waals surface area contributed by atoms with Crippen molar-refractivity contribution in [2.75, 3.05) is 18.0 Å². The molecule has 10 nitrogen and oxygen atoms in total. The molecule has 0 amide bonds. The molecular weight excluding hydrogens is 751 g/mol. The Balaban J connectivity index is 0.000000229. The Morgan fingerprint density at radius 3 is 1.88 bits per heavy atom. The minimum atomic E-state index is -4.46. The Hall–Kier alpha value is -4.60. The maximum Gasteiger partial charge on any atom is 0.433 e. The molecule has 3 aromatic heterocycles. The summed E-state index contributed by atoms with van der Waals surface area (Å²) in [6.45, 7) is 9.26. The molecule has 52 heavy (non-hydrogen) atoms. The van der Waals surface area contributed by atoms with Crippen molar-refractivity contribution in [3.63, 3.8) is 0 Å². The van der Waals surface area contributed by atoms with Crippen LogP contribution in [0.5, 0.6) is 23.5 Å². The molecule has 4 heterocycles. The molecule has 276 valence electrons. The molecule has 0 radical (unpaired) electrons. The number of anilines is 1. The Labute approximate surface area is 306 Å². The first kappa shape index (κ1) is 37.2. The number of rotatable bonds is 9. The molecule has 16 heteroatoms. The minimum absolute atomic E-state index is 0.00731. The number of piperidine rings is 1. The summed E-state index contributed by atoms with van der Waals surface area (Å²) in [6, 6.07) is 15.4. The molecule has 2 fully saturated rings. The first-order valence-corrected chi connectivity index (χ1v) is 17.7. The van der Waals surface area contributed by atoms with Crippen LogP contribution in [0.25, 0.3) is 0 Å². The molecule has 1 saturated carbocycles. The van der Waals surface area contributed by atoms with Gasteiger partial charge in [-0.25, -0.2) is 18.1 Å². The topological polar surface area (TPSA) is 96.0 Å². The van der Waals surface area contributed by atoms with Crippen LogP contribution >= 0.6 is 15.9 Å². The van der Waals surface area contributed by atoms with Gasteiger partial charge in [0.15, 0.2) is 5.82 Å². The van der Waals surface area contributed by atoms with Crippen LogP contribution in [0.1, 0.15) is 64.1 Å². The maximum atomic E-state index is 13.6. The number of alkyl halides is 3. The molecule has 2 aromatic carbocycles. The van der Waals surface area contributed by atoms with Gasteiger partial charge in [0.2, 0.25) is 4.73 Å². The number of benzene rings is 2. The van der Waals surface area contributed by atoms with E-state index in [1.54, 1.807) is 39.7 Å². The second-order valence-electron chi connectivity index (χ2n) is 13.4. The summed E-state index contributed by atoms with van der Waals surface area (Å²) < 4.78 is 81.1. The van der Waals surface area contributed by atoms with Gasteiger partial charge in [-0.1, -0.05) is 12.1 Å². The summed E-state index contributed by atoms with van der Waals surface area (Å²) in [4.78, 5) is 14.2. The summed E-state index contributed by atoms with van der Waals surface area (Å²) in [5, 5.41) is 8.81. The minimum Gasteiger partial charge on any atom is -0.424 e. The number of hydrogen-bond donors (Lipinski definition) is 0. The largest absolute Gasteiger partial charge is 0.433 e. The number of aromatic nitrogens is 7. The third-order valence-electron chi connectivity index (χ3n) is 9.05. The fourth-order valence-corrected chi connectivity index (χ4v) is 6.99. The molecular formula is C36H38BrF5N8O2. The summed E-state index contributed by atoms with van der Waals surface area (Å²) in [5.74, 6) is 1.71. The van der Waals surface area contributed by atoms with Crippen molar-refractivity contribution in [1.29, 1.82) is 0 Å². The summed E-state index contributed by atoms with van der Waals surface area (Å²) in [5.41, 5.74) is -0.297. The van der Waals surface area contributed by atoms with Crippen molar-refractivity contribution in [3.8, 4) is 23.5 Å². The third-order valence-corrected chi connectivity index (χ3v) is 9.39. The van der Waals surface area contributed by atoms with Crippen LogP contribution in [-0.2, 0) is 12.6 Å². The number of ether oxygens (including phenoxy) is 2. The van der Waals surface area contributed by atoms with Gasteiger partial charge in [0.05, 0.1) is 12.1 Å². The van der Waals surface area contributed by atoms with E-state index < -0.39 is 17.7 Å². The highest BCUT2D eigenvalue weighted by atomic mass is 79.9. The lowest BCUT2D eigenvalue weighted by molar-refractivity contribution is -0.141. The molecule has 0 N–H and O–H groups in total. The van der Waals surface area contributed by atoms with E-state index in [1.165, 1.54) is 30.5 Å². The average Bonchev–Trinajstić information content (AvgIpc) is 3.72. The number of fused-ring (bicyclic) bond motifs is 2. The van der Waals surface area contributed by atoms with Crippen LogP contribution in [-0.4, -0.2) is 47.6 Å². The van der Waals surface area contributed by atoms with Crippen LogP contribution in [0, 0.1) is 29.4 Å². The highest BCUT2D eigenvalue weighted by molar-refractivity contribution is 9.10. The molecule has 0 spiro atoms. The van der Waals surface area contributed by atoms with Gasteiger partial charge in [0.1, 0.15) is 28.8 Å². The van der Waals surface area contributed by atoms with Crippen molar-refractivity contribution in [2.45, 2.75) is 65.2 Å². The summed E-state index contributed by atoms with van der Waals surface area (Å²) in [7, 11) is 0. The van der Waals surface area contributed by atoms with Crippen LogP contribution in [0.4, 0.5) is 27.6 Å². The number of nitrogens with zero attached hydrogens (tertiary/aromatic N) is 8. The number of pyridine rings is 1. The van der Waals surface area contributed by atoms with E-state index >= 15 is 0 Å². The first-order chi connectivity index (χ1) is 24.7. The van der Waals surface area contributed by atoms with E-state index in [4.69, 9.17) is 9.47 Å². The number of halogens is 6. The zero-order valence-corrected chi connectivity index (χ0v) is 30.5. The van der Waals surface area contributed by atoms with Crippen molar-refractivity contribution in [2.24, 2.45) is 17.8 Å². The average molecular weight is 790 g/mol.